The minimum atomic E-state index is -0.451. The average Bonchev–Trinajstić information content (AvgIpc) is 2.03. The molecule has 1 aromatic rings. The van der Waals surface area contributed by atoms with E-state index in [2.05, 4.69) is 0 Å². The maximum Gasteiger partial charge on any atom is 0.123 e. The van der Waals surface area contributed by atoms with E-state index >= 15 is 0 Å². The largest absolute Gasteiger partial charge is 0.329 e. The van der Waals surface area contributed by atoms with E-state index in [-0.39, 0.29) is 5.82 Å². The fourth-order valence-corrected chi connectivity index (χ4v) is 1.19. The predicted octanol–water partition coefficient (Wildman–Crippen LogP) is 1.04. The molecule has 1 atom stereocenters. The Kier molecular flexibility index (Phi) is 3.01. The van der Waals surface area contributed by atoms with Crippen molar-refractivity contribution in [3.63, 3.8) is 0 Å². The maximum atomic E-state index is 12.8. The number of rotatable bonds is 3. The minimum Gasteiger partial charge on any atom is -0.329 e. The highest BCUT2D eigenvalue weighted by atomic mass is 19.1. The number of hydrogen-bond acceptors (Lipinski definition) is 2. The molecule has 0 heterocycles. The number of benzene rings is 1. The monoisotopic (exact) mass is 182 g/mol. The highest BCUT2D eigenvalue weighted by Gasteiger charge is 2.16. The van der Waals surface area contributed by atoms with Crippen LogP contribution in [0, 0.1) is 5.82 Å². The quantitative estimate of drug-likeness (QED) is 0.734. The van der Waals surface area contributed by atoms with E-state index in [1.165, 1.54) is 12.1 Å². The standard InChI is InChI=1S/C10H15FN2/c1-10(13,7-12)6-8-3-2-4-9(11)5-8/h2-5H,6-7,12-13H2,1H3. The van der Waals surface area contributed by atoms with Gasteiger partial charge in [0.1, 0.15) is 5.82 Å². The molecule has 0 aliphatic carbocycles. The van der Waals surface area contributed by atoms with Crippen molar-refractivity contribution in [2.45, 2.75) is 18.9 Å². The van der Waals surface area contributed by atoms with E-state index < -0.39 is 5.54 Å². The van der Waals surface area contributed by atoms with Gasteiger partial charge in [-0.1, -0.05) is 12.1 Å². The van der Waals surface area contributed by atoms with Crippen LogP contribution < -0.4 is 11.5 Å². The van der Waals surface area contributed by atoms with Crippen LogP contribution in [-0.4, -0.2) is 12.1 Å². The molecule has 1 unspecified atom stereocenters. The highest BCUT2D eigenvalue weighted by molar-refractivity contribution is 5.18. The lowest BCUT2D eigenvalue weighted by atomic mass is 9.94. The zero-order chi connectivity index (χ0) is 9.90. The van der Waals surface area contributed by atoms with Crippen LogP contribution in [0.3, 0.4) is 0 Å². The van der Waals surface area contributed by atoms with E-state index in [4.69, 9.17) is 11.5 Å². The number of nitrogens with two attached hydrogens (primary N) is 2. The molecule has 0 spiro atoms. The molecule has 0 aliphatic heterocycles. The van der Waals surface area contributed by atoms with Gasteiger partial charge in [0.25, 0.3) is 0 Å². The first-order valence-electron chi connectivity index (χ1n) is 4.27. The van der Waals surface area contributed by atoms with Crippen molar-refractivity contribution in [1.29, 1.82) is 0 Å². The molecule has 0 saturated heterocycles. The Morgan fingerprint density at radius 1 is 1.46 bits per heavy atom. The van der Waals surface area contributed by atoms with Gasteiger partial charge in [-0.2, -0.15) is 0 Å². The highest BCUT2D eigenvalue weighted by Crippen LogP contribution is 2.10. The lowest BCUT2D eigenvalue weighted by Gasteiger charge is -2.22. The molecule has 0 aliphatic rings. The van der Waals surface area contributed by atoms with Crippen LogP contribution in [0.2, 0.25) is 0 Å². The van der Waals surface area contributed by atoms with Gasteiger partial charge < -0.3 is 11.5 Å². The van der Waals surface area contributed by atoms with Crippen LogP contribution in [0.25, 0.3) is 0 Å². The normalized spacial score (nSPS) is 15.4. The van der Waals surface area contributed by atoms with Crippen molar-refractivity contribution in [3.8, 4) is 0 Å². The molecule has 0 radical (unpaired) electrons. The third-order valence-electron chi connectivity index (χ3n) is 1.96. The lowest BCUT2D eigenvalue weighted by Crippen LogP contribution is -2.45. The molecule has 1 rings (SSSR count). The summed E-state index contributed by atoms with van der Waals surface area (Å²) >= 11 is 0. The molecule has 0 saturated carbocycles. The molecule has 0 amide bonds. The third kappa shape index (κ3) is 3.13. The van der Waals surface area contributed by atoms with Gasteiger partial charge in [0, 0.05) is 12.1 Å². The summed E-state index contributed by atoms with van der Waals surface area (Å²) in [6.07, 6.45) is 0.598. The third-order valence-corrected chi connectivity index (χ3v) is 1.96. The van der Waals surface area contributed by atoms with Crippen LogP contribution in [0.4, 0.5) is 4.39 Å². The molecular formula is C10H15FN2. The predicted molar refractivity (Wildman–Crippen MR) is 51.8 cm³/mol. The molecule has 72 valence electrons. The zero-order valence-electron chi connectivity index (χ0n) is 7.76. The fourth-order valence-electron chi connectivity index (χ4n) is 1.19. The first-order chi connectivity index (χ1) is 6.03. The van der Waals surface area contributed by atoms with Crippen LogP contribution >= 0.6 is 0 Å². The summed E-state index contributed by atoms with van der Waals surface area (Å²) in [5.41, 5.74) is 11.8. The van der Waals surface area contributed by atoms with Gasteiger partial charge in [-0.3, -0.25) is 0 Å². The Hall–Kier alpha value is -0.930. The SMILES string of the molecule is CC(N)(CN)Cc1cccc(F)c1. The van der Waals surface area contributed by atoms with Gasteiger partial charge in [-0.05, 0) is 31.0 Å². The second-order valence-electron chi connectivity index (χ2n) is 3.66. The van der Waals surface area contributed by atoms with Crippen molar-refractivity contribution in [1.82, 2.24) is 0 Å². The summed E-state index contributed by atoms with van der Waals surface area (Å²) in [5, 5.41) is 0. The maximum absolute atomic E-state index is 12.8. The van der Waals surface area contributed by atoms with E-state index in [1.807, 2.05) is 13.0 Å². The van der Waals surface area contributed by atoms with E-state index in [0.717, 1.165) is 5.56 Å². The van der Waals surface area contributed by atoms with Crippen LogP contribution in [0.15, 0.2) is 24.3 Å². The molecule has 0 bridgehead atoms. The molecule has 0 aromatic heterocycles. The molecule has 13 heavy (non-hydrogen) atoms. The average molecular weight is 182 g/mol. The summed E-state index contributed by atoms with van der Waals surface area (Å²) < 4.78 is 12.8. The summed E-state index contributed by atoms with van der Waals surface area (Å²) in [7, 11) is 0. The lowest BCUT2D eigenvalue weighted by molar-refractivity contribution is 0.476. The molecule has 2 nitrogen and oxygen atoms in total. The van der Waals surface area contributed by atoms with Gasteiger partial charge in [0.05, 0.1) is 0 Å². The van der Waals surface area contributed by atoms with Crippen molar-refractivity contribution in [3.05, 3.63) is 35.6 Å². The van der Waals surface area contributed by atoms with E-state index in [1.54, 1.807) is 6.07 Å². The van der Waals surface area contributed by atoms with Gasteiger partial charge >= 0.3 is 0 Å². The van der Waals surface area contributed by atoms with Crippen molar-refractivity contribution in [2.24, 2.45) is 11.5 Å². The van der Waals surface area contributed by atoms with Crippen LogP contribution in [0.1, 0.15) is 12.5 Å². The van der Waals surface area contributed by atoms with Crippen LogP contribution in [-0.2, 0) is 6.42 Å². The van der Waals surface area contributed by atoms with Crippen LogP contribution in [0.5, 0.6) is 0 Å². The first-order valence-corrected chi connectivity index (χ1v) is 4.27. The Morgan fingerprint density at radius 2 is 2.15 bits per heavy atom. The molecule has 4 N–H and O–H groups in total. The van der Waals surface area contributed by atoms with E-state index in [0.29, 0.717) is 13.0 Å². The molecule has 1 aromatic carbocycles. The van der Waals surface area contributed by atoms with Gasteiger partial charge in [-0.15, -0.1) is 0 Å². The first kappa shape index (κ1) is 10.2. The Bertz CT molecular complexity index is 284. The Morgan fingerprint density at radius 3 is 2.69 bits per heavy atom. The van der Waals surface area contributed by atoms with Gasteiger partial charge in [-0.25, -0.2) is 4.39 Å². The van der Waals surface area contributed by atoms with E-state index in [9.17, 15) is 4.39 Å². The van der Waals surface area contributed by atoms with Crippen molar-refractivity contribution in [2.75, 3.05) is 6.54 Å². The smallest absolute Gasteiger partial charge is 0.123 e. The Labute approximate surface area is 77.7 Å². The summed E-state index contributed by atoms with van der Waals surface area (Å²) in [4.78, 5) is 0. The molecular weight excluding hydrogens is 167 g/mol. The number of halogens is 1. The number of hydrogen-bond donors (Lipinski definition) is 2. The zero-order valence-corrected chi connectivity index (χ0v) is 7.76. The summed E-state index contributed by atoms with van der Waals surface area (Å²) in [5.74, 6) is -0.231. The summed E-state index contributed by atoms with van der Waals surface area (Å²) in [6.45, 7) is 2.25. The van der Waals surface area contributed by atoms with Crippen molar-refractivity contribution >= 4 is 0 Å². The van der Waals surface area contributed by atoms with Crippen molar-refractivity contribution < 1.29 is 4.39 Å². The molecule has 0 fully saturated rings. The summed E-state index contributed by atoms with van der Waals surface area (Å²) in [6, 6.07) is 6.43. The van der Waals surface area contributed by atoms with Gasteiger partial charge in [0.2, 0.25) is 0 Å². The fraction of sp³-hybridized carbons (Fsp3) is 0.400. The van der Waals surface area contributed by atoms with Gasteiger partial charge in [0.15, 0.2) is 0 Å². The minimum absolute atomic E-state index is 0.231. The molecule has 3 heteroatoms. The Balaban J connectivity index is 2.74. The topological polar surface area (TPSA) is 52.0 Å². The second kappa shape index (κ2) is 3.85. The second-order valence-corrected chi connectivity index (χ2v) is 3.66.